The summed E-state index contributed by atoms with van der Waals surface area (Å²) in [5.41, 5.74) is -0.145. The van der Waals surface area contributed by atoms with Crippen molar-refractivity contribution >= 4 is 11.6 Å². The molecule has 35 heavy (non-hydrogen) atoms. The fraction of sp³-hybridized carbons (Fsp3) is 0.375. The van der Waals surface area contributed by atoms with E-state index in [1.165, 1.54) is 30.3 Å². The molecule has 3 aromatic rings. The first kappa shape index (κ1) is 24.8. The van der Waals surface area contributed by atoms with Crippen molar-refractivity contribution in [2.24, 2.45) is 0 Å². The number of carbonyl (C=O) groups excluding carboxylic acids is 1. The molecule has 11 heteroatoms. The van der Waals surface area contributed by atoms with Crippen LogP contribution in [0, 0.1) is 5.82 Å². The second kappa shape index (κ2) is 10.1. The summed E-state index contributed by atoms with van der Waals surface area (Å²) >= 11 is 0. The normalized spacial score (nSPS) is 17.2. The van der Waals surface area contributed by atoms with Gasteiger partial charge in [0, 0.05) is 37.4 Å². The molecule has 1 aromatic heterocycles. The highest BCUT2D eigenvalue weighted by atomic mass is 19.4. The van der Waals surface area contributed by atoms with Gasteiger partial charge >= 0.3 is 6.18 Å². The lowest BCUT2D eigenvalue weighted by atomic mass is 10.1. The van der Waals surface area contributed by atoms with E-state index in [2.05, 4.69) is 20.4 Å². The van der Waals surface area contributed by atoms with Crippen molar-refractivity contribution in [1.82, 2.24) is 19.9 Å². The molecule has 2 aromatic carbocycles. The zero-order valence-electron chi connectivity index (χ0n) is 19.2. The van der Waals surface area contributed by atoms with E-state index in [1.54, 1.807) is 13.0 Å². The Balaban J connectivity index is 1.34. The van der Waals surface area contributed by atoms with Gasteiger partial charge < -0.3 is 9.84 Å². The van der Waals surface area contributed by atoms with Gasteiger partial charge in [-0.1, -0.05) is 23.4 Å². The lowest BCUT2D eigenvalue weighted by Gasteiger charge is -2.39. The van der Waals surface area contributed by atoms with Gasteiger partial charge in [0.1, 0.15) is 5.82 Å². The molecule has 1 amide bonds. The van der Waals surface area contributed by atoms with Crippen molar-refractivity contribution in [3.8, 4) is 11.4 Å². The molecular formula is C24H25F4N5O2. The first-order valence-electron chi connectivity index (χ1n) is 11.2. The number of nitrogens with one attached hydrogen (secondary N) is 1. The quantitative estimate of drug-likeness (QED) is 0.508. The lowest BCUT2D eigenvalue weighted by molar-refractivity contribution is -0.137. The number of amides is 1. The van der Waals surface area contributed by atoms with E-state index in [4.69, 9.17) is 4.52 Å². The number of aromatic nitrogens is 2. The van der Waals surface area contributed by atoms with E-state index >= 15 is 0 Å². The second-order valence-corrected chi connectivity index (χ2v) is 8.46. The van der Waals surface area contributed by atoms with Crippen molar-refractivity contribution < 1.29 is 26.9 Å². The van der Waals surface area contributed by atoms with E-state index in [9.17, 15) is 22.4 Å². The van der Waals surface area contributed by atoms with Gasteiger partial charge in [-0.2, -0.15) is 18.2 Å². The zero-order chi connectivity index (χ0) is 25.2. The first-order valence-corrected chi connectivity index (χ1v) is 11.2. The summed E-state index contributed by atoms with van der Waals surface area (Å²) in [6.45, 7) is 6.15. The molecule has 2 atom stereocenters. The summed E-state index contributed by atoms with van der Waals surface area (Å²) < 4.78 is 57.7. The number of anilines is 1. The van der Waals surface area contributed by atoms with Crippen LogP contribution in [0.25, 0.3) is 11.4 Å². The number of piperazine rings is 1. The molecule has 1 aliphatic rings. The minimum absolute atomic E-state index is 0.0965. The van der Waals surface area contributed by atoms with Crippen molar-refractivity contribution in [2.75, 3.05) is 31.5 Å². The molecule has 1 fully saturated rings. The summed E-state index contributed by atoms with van der Waals surface area (Å²) in [5.74, 6) is -0.239. The van der Waals surface area contributed by atoms with Crippen LogP contribution in [0.5, 0.6) is 0 Å². The highest BCUT2D eigenvalue weighted by Crippen LogP contribution is 2.32. The largest absolute Gasteiger partial charge is 0.416 e. The van der Waals surface area contributed by atoms with E-state index in [0.717, 1.165) is 12.1 Å². The number of hydrogen-bond acceptors (Lipinski definition) is 6. The smallest absolute Gasteiger partial charge is 0.337 e. The van der Waals surface area contributed by atoms with Gasteiger partial charge in [0.05, 0.1) is 17.6 Å². The van der Waals surface area contributed by atoms with Crippen molar-refractivity contribution in [2.45, 2.75) is 32.1 Å². The standard InChI is InChI=1S/C24H25F4N5O2/c1-15(22(34)29-20-8-4-7-19(25)14-20)32-9-11-33(12-10-32)16(2)23-30-21(31-35-23)17-5-3-6-18(13-17)24(26,27)28/h3-8,13-16H,9-12H2,1-2H3,(H,29,34). The van der Waals surface area contributed by atoms with Crippen LogP contribution in [0.2, 0.25) is 0 Å². The van der Waals surface area contributed by atoms with Crippen LogP contribution in [-0.4, -0.2) is 58.1 Å². The summed E-state index contributed by atoms with van der Waals surface area (Å²) in [6, 6.07) is 9.88. The Bertz CT molecular complexity index is 1170. The average molecular weight is 491 g/mol. The maximum atomic E-state index is 13.4. The fourth-order valence-corrected chi connectivity index (χ4v) is 4.00. The molecule has 2 unspecified atom stereocenters. The molecule has 4 rings (SSSR count). The summed E-state index contributed by atoms with van der Waals surface area (Å²) in [7, 11) is 0. The third-order valence-electron chi connectivity index (χ3n) is 6.16. The van der Waals surface area contributed by atoms with Gasteiger partial charge in [0.2, 0.25) is 17.6 Å². The van der Waals surface area contributed by atoms with E-state index in [1.807, 2.05) is 11.8 Å². The van der Waals surface area contributed by atoms with Crippen LogP contribution in [0.4, 0.5) is 23.2 Å². The van der Waals surface area contributed by atoms with E-state index in [-0.39, 0.29) is 23.3 Å². The fourth-order valence-electron chi connectivity index (χ4n) is 4.00. The summed E-state index contributed by atoms with van der Waals surface area (Å²) in [6.07, 6.45) is -4.46. The molecule has 0 radical (unpaired) electrons. The average Bonchev–Trinajstić information content (AvgIpc) is 3.33. The van der Waals surface area contributed by atoms with Crippen LogP contribution in [0.3, 0.4) is 0 Å². The number of hydrogen-bond donors (Lipinski definition) is 1. The molecule has 7 nitrogen and oxygen atoms in total. The maximum absolute atomic E-state index is 13.4. The van der Waals surface area contributed by atoms with Crippen LogP contribution < -0.4 is 5.32 Å². The number of halogens is 4. The molecular weight excluding hydrogens is 466 g/mol. The molecule has 186 valence electrons. The topological polar surface area (TPSA) is 74.5 Å². The Hall–Kier alpha value is -3.31. The number of benzene rings is 2. The molecule has 2 heterocycles. The molecule has 0 saturated carbocycles. The Morgan fingerprint density at radius 3 is 2.40 bits per heavy atom. The van der Waals surface area contributed by atoms with Crippen LogP contribution in [0.15, 0.2) is 53.1 Å². The van der Waals surface area contributed by atoms with Gasteiger partial charge in [-0.15, -0.1) is 0 Å². The van der Waals surface area contributed by atoms with E-state index < -0.39 is 23.6 Å². The monoisotopic (exact) mass is 491 g/mol. The third kappa shape index (κ3) is 5.85. The Labute approximate surface area is 199 Å². The number of nitrogens with zero attached hydrogens (tertiary/aromatic N) is 4. The van der Waals surface area contributed by atoms with Crippen molar-refractivity contribution in [3.63, 3.8) is 0 Å². The highest BCUT2D eigenvalue weighted by Gasteiger charge is 2.32. The van der Waals surface area contributed by atoms with Crippen LogP contribution in [0.1, 0.15) is 31.3 Å². The molecule has 1 saturated heterocycles. The van der Waals surface area contributed by atoms with Gasteiger partial charge in [-0.05, 0) is 44.2 Å². The summed E-state index contributed by atoms with van der Waals surface area (Å²) in [4.78, 5) is 21.0. The maximum Gasteiger partial charge on any atom is 0.416 e. The highest BCUT2D eigenvalue weighted by molar-refractivity contribution is 5.94. The predicted molar refractivity (Wildman–Crippen MR) is 121 cm³/mol. The Morgan fingerprint density at radius 1 is 1.03 bits per heavy atom. The first-order chi connectivity index (χ1) is 16.6. The van der Waals surface area contributed by atoms with Crippen LogP contribution >= 0.6 is 0 Å². The minimum Gasteiger partial charge on any atom is -0.337 e. The molecule has 0 spiro atoms. The number of alkyl halides is 3. The minimum atomic E-state index is -4.46. The number of carbonyl (C=O) groups is 1. The molecule has 1 N–H and O–H groups in total. The lowest BCUT2D eigenvalue weighted by Crippen LogP contribution is -2.53. The number of rotatable bonds is 6. The predicted octanol–water partition coefficient (Wildman–Crippen LogP) is 4.60. The molecule has 1 aliphatic heterocycles. The van der Waals surface area contributed by atoms with Gasteiger partial charge in [0.25, 0.3) is 0 Å². The van der Waals surface area contributed by atoms with Crippen LogP contribution in [-0.2, 0) is 11.0 Å². The van der Waals surface area contributed by atoms with Gasteiger partial charge in [-0.3, -0.25) is 14.6 Å². The van der Waals surface area contributed by atoms with Crippen molar-refractivity contribution in [1.29, 1.82) is 0 Å². The summed E-state index contributed by atoms with van der Waals surface area (Å²) in [5, 5.41) is 6.60. The second-order valence-electron chi connectivity index (χ2n) is 8.46. The Kier molecular flexibility index (Phi) is 7.18. The molecule has 0 bridgehead atoms. The Morgan fingerprint density at radius 2 is 1.71 bits per heavy atom. The van der Waals surface area contributed by atoms with Gasteiger partial charge in [0.15, 0.2) is 0 Å². The van der Waals surface area contributed by atoms with E-state index in [0.29, 0.717) is 37.8 Å². The molecule has 0 aliphatic carbocycles. The SMILES string of the molecule is CC(C(=O)Nc1cccc(F)c1)N1CCN(C(C)c2nc(-c3cccc(C(F)(F)F)c3)no2)CC1. The van der Waals surface area contributed by atoms with Gasteiger partial charge in [-0.25, -0.2) is 4.39 Å². The van der Waals surface area contributed by atoms with Crippen molar-refractivity contribution in [3.05, 3.63) is 65.8 Å². The third-order valence-corrected chi connectivity index (χ3v) is 6.16. The zero-order valence-corrected chi connectivity index (χ0v) is 19.2.